The van der Waals surface area contributed by atoms with Crippen molar-refractivity contribution in [2.45, 2.75) is 20.3 Å². The van der Waals surface area contributed by atoms with Crippen LogP contribution in [0.25, 0.3) is 6.08 Å². The number of amides is 1. The first-order valence-corrected chi connectivity index (χ1v) is 8.61. The number of ether oxygens (including phenoxy) is 2. The average Bonchev–Trinajstić information content (AvgIpc) is 2.66. The van der Waals surface area contributed by atoms with Gasteiger partial charge in [0.25, 0.3) is 0 Å². The Morgan fingerprint density at radius 1 is 1.08 bits per heavy atom. The maximum atomic E-state index is 12.1. The van der Waals surface area contributed by atoms with E-state index in [4.69, 9.17) is 9.47 Å². The predicted octanol–water partition coefficient (Wildman–Crippen LogP) is 4.30. The van der Waals surface area contributed by atoms with E-state index in [-0.39, 0.29) is 5.91 Å². The SMILES string of the molecule is CCCOc1ccc(C=CC(=O)Nc2cccc(C(=O)OCC)c2)cc1. The second-order valence-corrected chi connectivity index (χ2v) is 5.54. The fraction of sp³-hybridized carbons (Fsp3) is 0.238. The number of hydrogen-bond donors (Lipinski definition) is 1. The summed E-state index contributed by atoms with van der Waals surface area (Å²) in [6.07, 6.45) is 4.12. The first-order chi connectivity index (χ1) is 12.6. The first kappa shape index (κ1) is 19.2. The van der Waals surface area contributed by atoms with Crippen LogP contribution in [0.3, 0.4) is 0 Å². The van der Waals surface area contributed by atoms with Crippen LogP contribution in [0.2, 0.25) is 0 Å². The summed E-state index contributed by atoms with van der Waals surface area (Å²) in [5, 5.41) is 2.73. The molecule has 0 heterocycles. The monoisotopic (exact) mass is 353 g/mol. The molecule has 1 N–H and O–H groups in total. The van der Waals surface area contributed by atoms with Crippen molar-refractivity contribution < 1.29 is 19.1 Å². The standard InChI is InChI=1S/C21H23NO4/c1-3-14-26-19-11-8-16(9-12-19)10-13-20(23)22-18-7-5-6-17(15-18)21(24)25-4-2/h5-13,15H,3-4,14H2,1-2H3,(H,22,23). The highest BCUT2D eigenvalue weighted by Gasteiger charge is 2.07. The van der Waals surface area contributed by atoms with Gasteiger partial charge < -0.3 is 14.8 Å². The van der Waals surface area contributed by atoms with Gasteiger partial charge in [0.2, 0.25) is 5.91 Å². The van der Waals surface area contributed by atoms with Crippen molar-refractivity contribution in [1.29, 1.82) is 0 Å². The van der Waals surface area contributed by atoms with Crippen molar-refractivity contribution in [2.75, 3.05) is 18.5 Å². The van der Waals surface area contributed by atoms with Crippen molar-refractivity contribution in [2.24, 2.45) is 0 Å². The Morgan fingerprint density at radius 2 is 1.85 bits per heavy atom. The lowest BCUT2D eigenvalue weighted by molar-refractivity contribution is -0.111. The predicted molar refractivity (Wildman–Crippen MR) is 102 cm³/mol. The Labute approximate surface area is 153 Å². The lowest BCUT2D eigenvalue weighted by Gasteiger charge is -2.06. The van der Waals surface area contributed by atoms with Gasteiger partial charge in [0.15, 0.2) is 0 Å². The fourth-order valence-electron chi connectivity index (χ4n) is 2.19. The largest absolute Gasteiger partial charge is 0.494 e. The van der Waals surface area contributed by atoms with E-state index in [0.29, 0.717) is 24.5 Å². The summed E-state index contributed by atoms with van der Waals surface area (Å²) >= 11 is 0. The van der Waals surface area contributed by atoms with Gasteiger partial charge in [0, 0.05) is 11.8 Å². The number of carbonyl (C=O) groups is 2. The molecule has 0 saturated heterocycles. The number of carbonyl (C=O) groups excluding carboxylic acids is 2. The summed E-state index contributed by atoms with van der Waals surface area (Å²) < 4.78 is 10.5. The van der Waals surface area contributed by atoms with Gasteiger partial charge in [-0.3, -0.25) is 4.79 Å². The Kier molecular flexibility index (Phi) is 7.43. The number of rotatable bonds is 8. The minimum atomic E-state index is -0.412. The van der Waals surface area contributed by atoms with E-state index >= 15 is 0 Å². The molecule has 26 heavy (non-hydrogen) atoms. The number of benzene rings is 2. The van der Waals surface area contributed by atoms with Crippen molar-refractivity contribution in [3.63, 3.8) is 0 Å². The molecule has 5 nitrogen and oxygen atoms in total. The molecular weight excluding hydrogens is 330 g/mol. The van der Waals surface area contributed by atoms with Crippen LogP contribution in [0.4, 0.5) is 5.69 Å². The smallest absolute Gasteiger partial charge is 0.338 e. The summed E-state index contributed by atoms with van der Waals surface area (Å²) in [5.74, 6) is 0.117. The van der Waals surface area contributed by atoms with E-state index < -0.39 is 5.97 Å². The van der Waals surface area contributed by atoms with Gasteiger partial charge in [0.05, 0.1) is 18.8 Å². The summed E-state index contributed by atoms with van der Waals surface area (Å²) in [4.78, 5) is 23.8. The summed E-state index contributed by atoms with van der Waals surface area (Å²) in [5.41, 5.74) is 1.83. The molecule has 0 bridgehead atoms. The third-order valence-electron chi connectivity index (χ3n) is 3.42. The van der Waals surface area contributed by atoms with Gasteiger partial charge in [0.1, 0.15) is 5.75 Å². The Morgan fingerprint density at radius 3 is 2.54 bits per heavy atom. The van der Waals surface area contributed by atoms with Crippen molar-refractivity contribution >= 4 is 23.6 Å². The highest BCUT2D eigenvalue weighted by Crippen LogP contribution is 2.14. The molecule has 0 aromatic heterocycles. The zero-order chi connectivity index (χ0) is 18.8. The molecule has 5 heteroatoms. The van der Waals surface area contributed by atoms with Crippen LogP contribution in [-0.4, -0.2) is 25.1 Å². The fourth-order valence-corrected chi connectivity index (χ4v) is 2.19. The molecule has 0 atom stereocenters. The molecule has 0 fully saturated rings. The molecule has 0 saturated carbocycles. The first-order valence-electron chi connectivity index (χ1n) is 8.61. The lowest BCUT2D eigenvalue weighted by Crippen LogP contribution is -2.09. The van der Waals surface area contributed by atoms with Gasteiger partial charge in [-0.25, -0.2) is 4.79 Å². The van der Waals surface area contributed by atoms with Crippen molar-refractivity contribution in [1.82, 2.24) is 0 Å². The van der Waals surface area contributed by atoms with Gasteiger partial charge in [-0.05, 0) is 55.3 Å². The number of nitrogens with one attached hydrogen (secondary N) is 1. The van der Waals surface area contributed by atoms with Crippen LogP contribution in [0.15, 0.2) is 54.6 Å². The molecule has 0 unspecified atom stereocenters. The van der Waals surface area contributed by atoms with Crippen LogP contribution in [0, 0.1) is 0 Å². The molecule has 1 amide bonds. The molecular formula is C21H23NO4. The van der Waals surface area contributed by atoms with Gasteiger partial charge in [-0.1, -0.05) is 25.1 Å². The summed E-state index contributed by atoms with van der Waals surface area (Å²) in [7, 11) is 0. The van der Waals surface area contributed by atoms with Crippen molar-refractivity contribution in [3.05, 3.63) is 65.7 Å². The topological polar surface area (TPSA) is 64.6 Å². The molecule has 2 aromatic rings. The molecule has 0 radical (unpaired) electrons. The normalized spacial score (nSPS) is 10.5. The summed E-state index contributed by atoms with van der Waals surface area (Å²) in [6.45, 7) is 4.79. The highest BCUT2D eigenvalue weighted by atomic mass is 16.5. The Balaban J connectivity index is 1.94. The Bertz CT molecular complexity index is 766. The third-order valence-corrected chi connectivity index (χ3v) is 3.42. The zero-order valence-corrected chi connectivity index (χ0v) is 15.0. The van der Waals surface area contributed by atoms with E-state index in [9.17, 15) is 9.59 Å². The number of esters is 1. The third kappa shape index (κ3) is 6.09. The molecule has 136 valence electrons. The van der Waals surface area contributed by atoms with E-state index in [1.807, 2.05) is 24.3 Å². The highest BCUT2D eigenvalue weighted by molar-refractivity contribution is 6.02. The molecule has 2 aromatic carbocycles. The van der Waals surface area contributed by atoms with E-state index in [1.54, 1.807) is 37.3 Å². The second-order valence-electron chi connectivity index (χ2n) is 5.54. The number of anilines is 1. The molecule has 0 aliphatic rings. The van der Waals surface area contributed by atoms with Crippen LogP contribution in [0.1, 0.15) is 36.2 Å². The second kappa shape index (κ2) is 10.0. The van der Waals surface area contributed by atoms with Crippen LogP contribution in [0.5, 0.6) is 5.75 Å². The maximum Gasteiger partial charge on any atom is 0.338 e. The maximum absolute atomic E-state index is 12.1. The van der Waals surface area contributed by atoms with Gasteiger partial charge >= 0.3 is 5.97 Å². The average molecular weight is 353 g/mol. The molecule has 2 rings (SSSR count). The van der Waals surface area contributed by atoms with Crippen molar-refractivity contribution in [3.8, 4) is 5.75 Å². The van der Waals surface area contributed by atoms with Gasteiger partial charge in [-0.15, -0.1) is 0 Å². The van der Waals surface area contributed by atoms with Crippen LogP contribution >= 0.6 is 0 Å². The van der Waals surface area contributed by atoms with Gasteiger partial charge in [-0.2, -0.15) is 0 Å². The van der Waals surface area contributed by atoms with Crippen LogP contribution in [-0.2, 0) is 9.53 Å². The molecule has 0 aliphatic heterocycles. The molecule has 0 aliphatic carbocycles. The minimum absolute atomic E-state index is 0.280. The zero-order valence-electron chi connectivity index (χ0n) is 15.0. The minimum Gasteiger partial charge on any atom is -0.494 e. The van der Waals surface area contributed by atoms with E-state index in [1.165, 1.54) is 6.08 Å². The van der Waals surface area contributed by atoms with Crippen LogP contribution < -0.4 is 10.1 Å². The van der Waals surface area contributed by atoms with E-state index in [2.05, 4.69) is 12.2 Å². The quantitative estimate of drug-likeness (QED) is 0.567. The lowest BCUT2D eigenvalue weighted by atomic mass is 10.2. The number of hydrogen-bond acceptors (Lipinski definition) is 4. The Hall–Kier alpha value is -3.08. The summed E-state index contributed by atoms with van der Waals surface area (Å²) in [6, 6.07) is 14.2. The van der Waals surface area contributed by atoms with E-state index in [0.717, 1.165) is 17.7 Å². The molecule has 0 spiro atoms.